The maximum Gasteiger partial charge on any atom is 0.242 e. The maximum absolute atomic E-state index is 11.8. The molecular formula is C11H14N4O3S. The summed E-state index contributed by atoms with van der Waals surface area (Å²) in [6.45, 7) is 1.98. The number of aryl methyl sites for hydroxylation is 1. The molecule has 0 atom stereocenters. The van der Waals surface area contributed by atoms with E-state index in [0.29, 0.717) is 17.4 Å². The summed E-state index contributed by atoms with van der Waals surface area (Å²) in [5, 5.41) is 6.71. The molecule has 1 aromatic heterocycles. The average Bonchev–Trinajstić information content (AvgIpc) is 2.82. The van der Waals surface area contributed by atoms with E-state index in [-0.39, 0.29) is 11.4 Å². The molecule has 0 spiro atoms. The molecule has 0 aliphatic heterocycles. The minimum atomic E-state index is -3.50. The van der Waals surface area contributed by atoms with E-state index in [1.54, 1.807) is 25.1 Å². The summed E-state index contributed by atoms with van der Waals surface area (Å²) < 4.78 is 30.8. The lowest BCUT2D eigenvalue weighted by molar-refractivity contribution is 0.388. The van der Waals surface area contributed by atoms with Crippen molar-refractivity contribution in [3.05, 3.63) is 36.0 Å². The second kappa shape index (κ2) is 5.37. The van der Waals surface area contributed by atoms with Gasteiger partial charge in [0.25, 0.3) is 0 Å². The van der Waals surface area contributed by atoms with Crippen LogP contribution in [0.25, 0.3) is 0 Å². The molecule has 0 saturated heterocycles. The number of nitrogens with zero attached hydrogens (tertiary/aromatic N) is 2. The molecule has 7 nitrogen and oxygen atoms in total. The lowest BCUT2D eigenvalue weighted by Crippen LogP contribution is -2.20. The summed E-state index contributed by atoms with van der Waals surface area (Å²) in [6, 6.07) is 6.61. The Bertz CT molecular complexity index is 666. The Hall–Kier alpha value is -1.93. The van der Waals surface area contributed by atoms with Crippen molar-refractivity contribution in [2.45, 2.75) is 18.4 Å². The number of anilines is 1. The molecule has 0 amide bonds. The average molecular weight is 282 g/mol. The minimum Gasteiger partial charge on any atom is -0.377 e. The number of hydrogen-bond donors (Lipinski definition) is 2. The third-order valence-electron chi connectivity index (χ3n) is 2.45. The first-order chi connectivity index (χ1) is 9.03. The highest BCUT2D eigenvalue weighted by molar-refractivity contribution is 7.89. The maximum atomic E-state index is 11.8. The molecule has 0 aliphatic carbocycles. The second-order valence-electron chi connectivity index (χ2n) is 3.79. The number of benzene rings is 1. The molecule has 0 fully saturated rings. The monoisotopic (exact) mass is 282 g/mol. The Balaban J connectivity index is 2.21. The topological polar surface area (TPSA) is 97.1 Å². The molecule has 2 rings (SSSR count). The van der Waals surface area contributed by atoms with Crippen molar-refractivity contribution in [3.63, 3.8) is 0 Å². The van der Waals surface area contributed by atoms with Crippen LogP contribution in [0.15, 0.2) is 33.7 Å². The van der Waals surface area contributed by atoms with Crippen LogP contribution in [0.4, 0.5) is 5.69 Å². The zero-order chi connectivity index (χ0) is 13.9. The van der Waals surface area contributed by atoms with Crippen LogP contribution in [0.2, 0.25) is 0 Å². The zero-order valence-electron chi connectivity index (χ0n) is 10.5. The molecule has 0 radical (unpaired) electrons. The van der Waals surface area contributed by atoms with Crippen LogP contribution in [0, 0.1) is 6.92 Å². The van der Waals surface area contributed by atoms with Gasteiger partial charge >= 0.3 is 0 Å². The van der Waals surface area contributed by atoms with Crippen molar-refractivity contribution in [1.82, 2.24) is 14.9 Å². The molecule has 8 heteroatoms. The van der Waals surface area contributed by atoms with Crippen molar-refractivity contribution in [3.8, 4) is 0 Å². The Morgan fingerprint density at radius 1 is 1.32 bits per heavy atom. The normalized spacial score (nSPS) is 11.5. The van der Waals surface area contributed by atoms with Gasteiger partial charge in [0.1, 0.15) is 4.90 Å². The first kappa shape index (κ1) is 13.5. The molecule has 1 aromatic carbocycles. The van der Waals surface area contributed by atoms with Gasteiger partial charge < -0.3 is 9.84 Å². The van der Waals surface area contributed by atoms with E-state index >= 15 is 0 Å². The predicted molar refractivity (Wildman–Crippen MR) is 69.0 cm³/mol. The molecule has 0 bridgehead atoms. The van der Waals surface area contributed by atoms with Gasteiger partial charge in [-0.3, -0.25) is 0 Å². The fourth-order valence-electron chi connectivity index (χ4n) is 1.54. The molecule has 0 unspecified atom stereocenters. The van der Waals surface area contributed by atoms with Gasteiger partial charge in [0.15, 0.2) is 5.82 Å². The lowest BCUT2D eigenvalue weighted by atomic mass is 10.3. The lowest BCUT2D eigenvalue weighted by Gasteiger charge is -2.10. The van der Waals surface area contributed by atoms with Gasteiger partial charge in [-0.1, -0.05) is 17.3 Å². The fourth-order valence-corrected chi connectivity index (χ4v) is 2.45. The first-order valence-corrected chi connectivity index (χ1v) is 7.07. The van der Waals surface area contributed by atoms with Crippen LogP contribution in [0.3, 0.4) is 0 Å². The molecule has 0 saturated carbocycles. The van der Waals surface area contributed by atoms with E-state index in [0.717, 1.165) is 0 Å². The SMILES string of the molecule is CNS(=O)(=O)c1ccccc1NCc1noc(C)n1. The van der Waals surface area contributed by atoms with Crippen LogP contribution in [0.5, 0.6) is 0 Å². The van der Waals surface area contributed by atoms with E-state index in [2.05, 4.69) is 20.2 Å². The number of nitrogens with one attached hydrogen (secondary N) is 2. The van der Waals surface area contributed by atoms with Gasteiger partial charge in [-0.2, -0.15) is 4.98 Å². The van der Waals surface area contributed by atoms with Gasteiger partial charge in [0, 0.05) is 6.92 Å². The van der Waals surface area contributed by atoms with E-state index in [9.17, 15) is 8.42 Å². The third-order valence-corrected chi connectivity index (χ3v) is 3.92. The summed E-state index contributed by atoms with van der Waals surface area (Å²) >= 11 is 0. The standard InChI is InChI=1S/C11H14N4O3S/c1-8-14-11(15-18-8)7-13-9-5-3-4-6-10(9)19(16,17)12-2/h3-6,12-13H,7H2,1-2H3. The predicted octanol–water partition coefficient (Wildman–Crippen LogP) is 0.898. The first-order valence-electron chi connectivity index (χ1n) is 5.58. The van der Waals surface area contributed by atoms with Crippen molar-refractivity contribution < 1.29 is 12.9 Å². The van der Waals surface area contributed by atoms with Gasteiger partial charge in [-0.25, -0.2) is 13.1 Å². The van der Waals surface area contributed by atoms with Crippen molar-refractivity contribution in [2.24, 2.45) is 0 Å². The number of aromatic nitrogens is 2. The van der Waals surface area contributed by atoms with E-state index < -0.39 is 10.0 Å². The second-order valence-corrected chi connectivity index (χ2v) is 5.64. The van der Waals surface area contributed by atoms with Crippen LogP contribution >= 0.6 is 0 Å². The van der Waals surface area contributed by atoms with Gasteiger partial charge in [-0.05, 0) is 19.2 Å². The molecule has 19 heavy (non-hydrogen) atoms. The highest BCUT2D eigenvalue weighted by atomic mass is 32.2. The summed E-state index contributed by atoms with van der Waals surface area (Å²) in [5.74, 6) is 0.932. The Kier molecular flexibility index (Phi) is 3.82. The molecule has 1 heterocycles. The number of para-hydroxylation sites is 1. The quantitative estimate of drug-likeness (QED) is 0.845. The van der Waals surface area contributed by atoms with E-state index in [4.69, 9.17) is 4.52 Å². The van der Waals surface area contributed by atoms with Crippen molar-refractivity contribution in [1.29, 1.82) is 0 Å². The Labute approximate surface area is 111 Å². The summed E-state index contributed by atoms with van der Waals surface area (Å²) in [6.07, 6.45) is 0. The van der Waals surface area contributed by atoms with Gasteiger partial charge in [-0.15, -0.1) is 0 Å². The van der Waals surface area contributed by atoms with E-state index in [1.165, 1.54) is 13.1 Å². The Morgan fingerprint density at radius 3 is 2.68 bits per heavy atom. The van der Waals surface area contributed by atoms with Gasteiger partial charge in [0.2, 0.25) is 15.9 Å². The summed E-state index contributed by atoms with van der Waals surface area (Å²) in [4.78, 5) is 4.21. The molecule has 0 aliphatic rings. The third kappa shape index (κ3) is 3.09. The van der Waals surface area contributed by atoms with Gasteiger partial charge in [0.05, 0.1) is 12.2 Å². The molecular weight excluding hydrogens is 268 g/mol. The fraction of sp³-hybridized carbons (Fsp3) is 0.273. The van der Waals surface area contributed by atoms with Crippen LogP contribution in [-0.4, -0.2) is 25.6 Å². The van der Waals surface area contributed by atoms with Crippen molar-refractivity contribution in [2.75, 3.05) is 12.4 Å². The van der Waals surface area contributed by atoms with Crippen LogP contribution < -0.4 is 10.0 Å². The van der Waals surface area contributed by atoms with Crippen molar-refractivity contribution >= 4 is 15.7 Å². The summed E-state index contributed by atoms with van der Waals surface area (Å²) in [5.41, 5.74) is 0.485. The zero-order valence-corrected chi connectivity index (χ0v) is 11.4. The van der Waals surface area contributed by atoms with Crippen LogP contribution in [-0.2, 0) is 16.6 Å². The largest absolute Gasteiger partial charge is 0.377 e. The number of rotatable bonds is 5. The highest BCUT2D eigenvalue weighted by Crippen LogP contribution is 2.20. The Morgan fingerprint density at radius 2 is 2.05 bits per heavy atom. The summed E-state index contributed by atoms with van der Waals surface area (Å²) in [7, 11) is -2.14. The van der Waals surface area contributed by atoms with Crippen LogP contribution in [0.1, 0.15) is 11.7 Å². The number of hydrogen-bond acceptors (Lipinski definition) is 6. The molecule has 102 valence electrons. The minimum absolute atomic E-state index is 0.178. The highest BCUT2D eigenvalue weighted by Gasteiger charge is 2.16. The molecule has 2 N–H and O–H groups in total. The number of sulfonamides is 1. The molecule has 2 aromatic rings. The smallest absolute Gasteiger partial charge is 0.242 e. The van der Waals surface area contributed by atoms with E-state index in [1.807, 2.05) is 0 Å².